The maximum Gasteiger partial charge on any atom is 0.323 e. The van der Waals surface area contributed by atoms with Gasteiger partial charge in [-0.3, -0.25) is 19.1 Å². The average Bonchev–Trinajstić information content (AvgIpc) is 3.21. The molecule has 0 spiro atoms. The third-order valence-corrected chi connectivity index (χ3v) is 10.9. The third kappa shape index (κ3) is 10.4. The summed E-state index contributed by atoms with van der Waals surface area (Å²) in [6, 6.07) is 41.2. The zero-order valence-corrected chi connectivity index (χ0v) is 32.0. The van der Waals surface area contributed by atoms with Crippen LogP contribution in [0, 0.1) is 5.92 Å². The van der Waals surface area contributed by atoms with Gasteiger partial charge in [0, 0.05) is 0 Å². The predicted molar refractivity (Wildman–Crippen MR) is 212 cm³/mol. The lowest BCUT2D eigenvalue weighted by Gasteiger charge is -2.40. The molecule has 0 radical (unpaired) electrons. The minimum absolute atomic E-state index is 0.0571. The Bertz CT molecular complexity index is 1920. The fraction of sp³-hybridized carbons (Fsp3) is 0.333. The number of carbonyl (C=O) groups excluding carboxylic acids is 2. The lowest BCUT2D eigenvalue weighted by atomic mass is 9.76. The molecule has 0 bridgehead atoms. The summed E-state index contributed by atoms with van der Waals surface area (Å²) in [6.07, 6.45) is 3.62. The largest absolute Gasteiger partial charge is 0.465 e. The van der Waals surface area contributed by atoms with Crippen LogP contribution in [0.2, 0.25) is 0 Å². The van der Waals surface area contributed by atoms with E-state index in [1.54, 1.807) is 12.1 Å². The summed E-state index contributed by atoms with van der Waals surface area (Å²) < 4.78 is 43.5. The molecule has 1 N–H and O–H groups in total. The van der Waals surface area contributed by atoms with Crippen LogP contribution >= 0.6 is 0 Å². The zero-order valence-electron chi connectivity index (χ0n) is 31.2. The van der Waals surface area contributed by atoms with Gasteiger partial charge >= 0.3 is 11.9 Å². The van der Waals surface area contributed by atoms with Crippen molar-refractivity contribution in [3.05, 3.63) is 150 Å². The number of ether oxygens (including phenoxy) is 2. The number of unbranched alkanes of at least 4 members (excludes halogenated alkanes) is 2. The first kappa shape index (κ1) is 40.4. The summed E-state index contributed by atoms with van der Waals surface area (Å²) in [4.78, 5) is 28.0. The minimum atomic E-state index is -4.06. The molecule has 54 heavy (non-hydrogen) atoms. The first-order valence-corrected chi connectivity index (χ1v) is 20.3. The molecule has 0 heterocycles. The van der Waals surface area contributed by atoms with E-state index in [9.17, 15) is 18.0 Å². The Kier molecular flexibility index (Phi) is 15.0. The van der Waals surface area contributed by atoms with Gasteiger partial charge in [-0.1, -0.05) is 148 Å². The van der Waals surface area contributed by atoms with Gasteiger partial charge in [0.15, 0.2) is 0 Å². The number of hydrogen-bond acceptors (Lipinski definition) is 8. The van der Waals surface area contributed by atoms with Crippen LogP contribution in [-0.2, 0) is 38.9 Å². The maximum atomic E-state index is 14.2. The standard InChI is InChI=1S/C45H51NO7S/c1-3-5-30-51-43(47)37(21-18-32-53-54(49,50)41-29-28-35-19-16-17-20-36(35)33-41)34-42(44(48)52-31-6-4-2)46-45(38-22-10-7-11-23-38,39-24-12-8-13-25-39)40-26-14-9-15-27-40/h7-17,19-20,22-29,33,37,42,46H,3-6,18,21,30-32,34H2,1-2H3/t37?,42-/m1/s1. The van der Waals surface area contributed by atoms with Crippen molar-refractivity contribution < 1.29 is 31.7 Å². The van der Waals surface area contributed by atoms with Crippen LogP contribution in [0.25, 0.3) is 10.8 Å². The van der Waals surface area contributed by atoms with Gasteiger partial charge in [0.2, 0.25) is 0 Å². The molecule has 0 fully saturated rings. The lowest BCUT2D eigenvalue weighted by Crippen LogP contribution is -2.54. The van der Waals surface area contributed by atoms with Crippen molar-refractivity contribution in [3.8, 4) is 0 Å². The van der Waals surface area contributed by atoms with E-state index >= 15 is 0 Å². The minimum Gasteiger partial charge on any atom is -0.465 e. The summed E-state index contributed by atoms with van der Waals surface area (Å²) in [5.74, 6) is -1.68. The van der Waals surface area contributed by atoms with E-state index in [1.165, 1.54) is 6.07 Å². The highest BCUT2D eigenvalue weighted by Gasteiger charge is 2.41. The van der Waals surface area contributed by atoms with Gasteiger partial charge in [0.05, 0.1) is 36.2 Å². The van der Waals surface area contributed by atoms with Crippen LogP contribution in [0.3, 0.4) is 0 Å². The molecule has 0 aromatic heterocycles. The predicted octanol–water partition coefficient (Wildman–Crippen LogP) is 8.97. The molecule has 8 nitrogen and oxygen atoms in total. The molecule has 5 rings (SSSR count). The average molecular weight is 750 g/mol. The molecule has 0 aliphatic carbocycles. The summed E-state index contributed by atoms with van der Waals surface area (Å²) in [5.41, 5.74) is 1.71. The second-order valence-electron chi connectivity index (χ2n) is 13.4. The van der Waals surface area contributed by atoms with Gasteiger partial charge in [-0.05, 0) is 71.7 Å². The van der Waals surface area contributed by atoms with Crippen LogP contribution in [0.4, 0.5) is 0 Å². The molecule has 5 aromatic carbocycles. The van der Waals surface area contributed by atoms with E-state index < -0.39 is 39.6 Å². The van der Waals surface area contributed by atoms with E-state index in [1.807, 2.05) is 129 Å². The van der Waals surface area contributed by atoms with E-state index in [0.717, 1.165) is 40.3 Å². The van der Waals surface area contributed by atoms with Crippen LogP contribution in [0.5, 0.6) is 0 Å². The molecular weight excluding hydrogens is 699 g/mol. The maximum absolute atomic E-state index is 14.2. The van der Waals surface area contributed by atoms with Gasteiger partial charge in [-0.2, -0.15) is 8.42 Å². The number of esters is 2. The Morgan fingerprint density at radius 3 is 1.65 bits per heavy atom. The SMILES string of the molecule is CCCCOC(=O)C(CCCOS(=O)(=O)c1ccc2ccccc2c1)C[C@@H](NC(c1ccccc1)(c1ccccc1)c1ccccc1)C(=O)OCCCC. The molecule has 9 heteroatoms. The molecule has 1 unspecified atom stereocenters. The normalized spacial score (nSPS) is 12.9. The molecule has 0 saturated heterocycles. The molecule has 5 aromatic rings. The van der Waals surface area contributed by atoms with Crippen molar-refractivity contribution in [1.29, 1.82) is 0 Å². The Hall–Kier alpha value is -4.83. The molecule has 2 atom stereocenters. The third-order valence-electron chi connectivity index (χ3n) is 9.58. The summed E-state index contributed by atoms with van der Waals surface area (Å²) in [6.45, 7) is 4.39. The van der Waals surface area contributed by atoms with Crippen molar-refractivity contribution in [1.82, 2.24) is 5.32 Å². The molecule has 0 saturated carbocycles. The first-order chi connectivity index (χ1) is 26.3. The summed E-state index contributed by atoms with van der Waals surface area (Å²) in [7, 11) is -4.06. The number of rotatable bonds is 21. The van der Waals surface area contributed by atoms with Crippen molar-refractivity contribution in [2.24, 2.45) is 5.92 Å². The fourth-order valence-electron chi connectivity index (χ4n) is 6.65. The van der Waals surface area contributed by atoms with Gasteiger partial charge in [0.25, 0.3) is 10.1 Å². The number of benzene rings is 5. The monoisotopic (exact) mass is 749 g/mol. The van der Waals surface area contributed by atoms with E-state index in [4.69, 9.17) is 13.7 Å². The Balaban J connectivity index is 1.45. The van der Waals surface area contributed by atoms with Gasteiger partial charge in [-0.25, -0.2) is 0 Å². The highest BCUT2D eigenvalue weighted by atomic mass is 32.2. The smallest absolute Gasteiger partial charge is 0.323 e. The summed E-state index contributed by atoms with van der Waals surface area (Å²) in [5, 5.41) is 5.45. The second-order valence-corrected chi connectivity index (χ2v) is 15.1. The summed E-state index contributed by atoms with van der Waals surface area (Å²) >= 11 is 0. The van der Waals surface area contributed by atoms with Crippen molar-refractivity contribution >= 4 is 32.8 Å². The Morgan fingerprint density at radius 1 is 0.611 bits per heavy atom. The van der Waals surface area contributed by atoms with E-state index in [-0.39, 0.29) is 44.0 Å². The molecule has 0 aliphatic heterocycles. The topological polar surface area (TPSA) is 108 Å². The molecule has 0 amide bonds. The number of fused-ring (bicyclic) bond motifs is 1. The fourth-order valence-corrected chi connectivity index (χ4v) is 7.63. The van der Waals surface area contributed by atoms with Crippen LogP contribution in [-0.4, -0.2) is 46.2 Å². The molecule has 284 valence electrons. The second kappa shape index (κ2) is 20.0. The van der Waals surface area contributed by atoms with Gasteiger partial charge < -0.3 is 9.47 Å². The highest BCUT2D eigenvalue weighted by molar-refractivity contribution is 7.86. The van der Waals surface area contributed by atoms with E-state index in [0.29, 0.717) is 12.8 Å². The van der Waals surface area contributed by atoms with E-state index in [2.05, 4.69) is 5.32 Å². The molecule has 0 aliphatic rings. The zero-order chi connectivity index (χ0) is 38.2. The molecular formula is C45H51NO7S. The Morgan fingerprint density at radius 2 is 1.11 bits per heavy atom. The van der Waals surface area contributed by atoms with Crippen LogP contribution in [0.15, 0.2) is 138 Å². The van der Waals surface area contributed by atoms with Crippen molar-refractivity contribution in [2.75, 3.05) is 19.8 Å². The highest BCUT2D eigenvalue weighted by Crippen LogP contribution is 2.38. The van der Waals surface area contributed by atoms with Crippen molar-refractivity contribution in [3.63, 3.8) is 0 Å². The number of hydrogen-bond donors (Lipinski definition) is 1. The van der Waals surface area contributed by atoms with Crippen LogP contribution < -0.4 is 5.32 Å². The van der Waals surface area contributed by atoms with Crippen molar-refractivity contribution in [2.45, 2.75) is 75.3 Å². The van der Waals surface area contributed by atoms with Gasteiger partial charge in [-0.15, -0.1) is 0 Å². The lowest BCUT2D eigenvalue weighted by molar-refractivity contribution is -0.152. The number of nitrogens with one attached hydrogen (secondary N) is 1. The quantitative estimate of drug-likeness (QED) is 0.0343. The Labute approximate surface area is 320 Å². The first-order valence-electron chi connectivity index (χ1n) is 18.9. The number of carbonyl (C=O) groups is 2. The van der Waals surface area contributed by atoms with Gasteiger partial charge in [0.1, 0.15) is 6.04 Å². The van der Waals surface area contributed by atoms with Crippen LogP contribution in [0.1, 0.15) is 75.5 Å².